The summed E-state index contributed by atoms with van der Waals surface area (Å²) in [5.74, 6) is 2.31. The van der Waals surface area contributed by atoms with Gasteiger partial charge in [-0.3, -0.25) is 0 Å². The van der Waals surface area contributed by atoms with E-state index in [1.54, 1.807) is 0 Å². The van der Waals surface area contributed by atoms with E-state index < -0.39 is 8.60 Å². The normalized spacial score (nSPS) is 11.2. The van der Waals surface area contributed by atoms with Gasteiger partial charge in [0.2, 0.25) is 0 Å². The molecule has 0 aliphatic rings. The van der Waals surface area contributed by atoms with Crippen molar-refractivity contribution in [3.8, 4) is 17.2 Å². The molecule has 0 aromatic heterocycles. The first-order valence-electron chi connectivity index (χ1n) is 17.3. The Morgan fingerprint density at radius 1 is 0.349 bits per heavy atom. The molecule has 0 unspecified atom stereocenters. The second-order valence-corrected chi connectivity index (χ2v) is 12.9. The van der Waals surface area contributed by atoms with Crippen molar-refractivity contribution in [2.45, 2.75) is 136 Å². The molecule has 0 N–H and O–H groups in total. The van der Waals surface area contributed by atoms with Crippen molar-refractivity contribution in [2.24, 2.45) is 0 Å². The Morgan fingerprint density at radius 2 is 0.605 bits per heavy atom. The van der Waals surface area contributed by atoms with Gasteiger partial charge in [-0.1, -0.05) is 134 Å². The summed E-state index contributed by atoms with van der Waals surface area (Å²) in [5, 5.41) is 0. The Bertz CT molecular complexity index is 938. The molecular weight excluding hydrogens is 547 g/mol. The lowest BCUT2D eigenvalue weighted by molar-refractivity contribution is 0.388. The van der Waals surface area contributed by atoms with Crippen molar-refractivity contribution in [3.63, 3.8) is 0 Å². The van der Waals surface area contributed by atoms with Crippen LogP contribution in [0.1, 0.15) is 134 Å². The predicted molar refractivity (Wildman–Crippen MR) is 186 cm³/mol. The third kappa shape index (κ3) is 15.2. The van der Waals surface area contributed by atoms with Gasteiger partial charge in [0, 0.05) is 0 Å². The van der Waals surface area contributed by atoms with E-state index in [0.29, 0.717) is 0 Å². The number of hydrogen-bond acceptors (Lipinski definition) is 3. The number of aryl methyl sites for hydroxylation is 3. The molecule has 0 heterocycles. The van der Waals surface area contributed by atoms with Crippen molar-refractivity contribution in [2.75, 3.05) is 0 Å². The minimum absolute atomic E-state index is 0.772. The molecule has 0 aliphatic carbocycles. The summed E-state index contributed by atoms with van der Waals surface area (Å²) < 4.78 is 19.0. The average molecular weight is 605 g/mol. The Balaban J connectivity index is 1.59. The van der Waals surface area contributed by atoms with Crippen LogP contribution in [-0.4, -0.2) is 0 Å². The molecule has 0 amide bonds. The van der Waals surface area contributed by atoms with Crippen LogP contribution in [0.5, 0.6) is 17.2 Å². The van der Waals surface area contributed by atoms with Crippen molar-refractivity contribution in [1.29, 1.82) is 0 Å². The number of benzene rings is 3. The van der Waals surface area contributed by atoms with E-state index in [0.717, 1.165) is 36.5 Å². The second-order valence-electron chi connectivity index (χ2n) is 11.9. The molecule has 0 radical (unpaired) electrons. The number of rotatable bonds is 24. The highest BCUT2D eigenvalue weighted by molar-refractivity contribution is 7.43. The fourth-order valence-corrected chi connectivity index (χ4v) is 6.26. The topological polar surface area (TPSA) is 27.7 Å². The molecule has 3 rings (SSSR count). The molecule has 43 heavy (non-hydrogen) atoms. The maximum absolute atomic E-state index is 6.32. The van der Waals surface area contributed by atoms with E-state index in [1.165, 1.54) is 113 Å². The Morgan fingerprint density at radius 3 is 0.860 bits per heavy atom. The summed E-state index contributed by atoms with van der Waals surface area (Å²) in [6.07, 6.45) is 22.8. The van der Waals surface area contributed by atoms with Gasteiger partial charge in [0.1, 0.15) is 17.2 Å². The van der Waals surface area contributed by atoms with Crippen LogP contribution in [0, 0.1) is 0 Å². The fourth-order valence-electron chi connectivity index (χ4n) is 5.26. The molecule has 3 aromatic rings. The SMILES string of the molecule is CCCCCCCc1ccc(OP(Oc2ccc(CCCCCCC)cc2)Oc2ccc(CCCCCCC)cc2)cc1. The van der Waals surface area contributed by atoms with E-state index in [-0.39, 0.29) is 0 Å². The Kier molecular flexibility index (Phi) is 17.9. The van der Waals surface area contributed by atoms with E-state index >= 15 is 0 Å². The Labute approximate surface area is 264 Å². The maximum atomic E-state index is 6.32. The smallest absolute Gasteiger partial charge is 0.409 e. The lowest BCUT2D eigenvalue weighted by Gasteiger charge is -2.18. The van der Waals surface area contributed by atoms with Crippen molar-refractivity contribution >= 4 is 8.60 Å². The molecule has 0 aliphatic heterocycles. The van der Waals surface area contributed by atoms with Crippen LogP contribution in [0.3, 0.4) is 0 Å². The molecule has 236 valence electrons. The van der Waals surface area contributed by atoms with Gasteiger partial charge < -0.3 is 13.6 Å². The lowest BCUT2D eigenvalue weighted by Crippen LogP contribution is -2.03. The first kappa shape index (κ1) is 35.0. The van der Waals surface area contributed by atoms with Crippen LogP contribution in [0.25, 0.3) is 0 Å². The quantitative estimate of drug-likeness (QED) is 0.0752. The van der Waals surface area contributed by atoms with Crippen LogP contribution in [0.2, 0.25) is 0 Å². The first-order valence-corrected chi connectivity index (χ1v) is 18.4. The molecule has 0 atom stereocenters. The molecular formula is C39H57O3P. The lowest BCUT2D eigenvalue weighted by atomic mass is 10.1. The van der Waals surface area contributed by atoms with Gasteiger partial charge in [-0.25, -0.2) is 0 Å². The zero-order chi connectivity index (χ0) is 30.4. The zero-order valence-electron chi connectivity index (χ0n) is 27.3. The fraction of sp³-hybridized carbons (Fsp3) is 0.538. The van der Waals surface area contributed by atoms with Crippen LogP contribution in [0.15, 0.2) is 72.8 Å². The summed E-state index contributed by atoms with van der Waals surface area (Å²) in [4.78, 5) is 0. The molecule has 0 fully saturated rings. The van der Waals surface area contributed by atoms with Gasteiger partial charge in [0.25, 0.3) is 0 Å². The van der Waals surface area contributed by atoms with Gasteiger partial charge in [-0.2, -0.15) is 0 Å². The number of unbranched alkanes of at least 4 members (excludes halogenated alkanes) is 12. The van der Waals surface area contributed by atoms with Crippen molar-refractivity contribution < 1.29 is 13.6 Å². The monoisotopic (exact) mass is 604 g/mol. The van der Waals surface area contributed by atoms with Gasteiger partial charge in [-0.05, 0) is 91.6 Å². The second kappa shape index (κ2) is 22.1. The predicted octanol–water partition coefficient (Wildman–Crippen LogP) is 13.0. The summed E-state index contributed by atoms with van der Waals surface area (Å²) in [6, 6.07) is 25.3. The summed E-state index contributed by atoms with van der Waals surface area (Å²) in [6.45, 7) is 6.79. The first-order chi connectivity index (χ1) is 21.2. The molecule has 3 nitrogen and oxygen atoms in total. The molecule has 0 spiro atoms. The number of hydrogen-bond donors (Lipinski definition) is 0. The highest BCUT2D eigenvalue weighted by atomic mass is 31.2. The van der Waals surface area contributed by atoms with Gasteiger partial charge in [-0.15, -0.1) is 0 Å². The van der Waals surface area contributed by atoms with Gasteiger partial charge in [0.05, 0.1) is 0 Å². The average Bonchev–Trinajstić information content (AvgIpc) is 3.03. The van der Waals surface area contributed by atoms with E-state index in [9.17, 15) is 0 Å². The largest absolute Gasteiger partial charge is 0.530 e. The van der Waals surface area contributed by atoms with Crippen molar-refractivity contribution in [1.82, 2.24) is 0 Å². The maximum Gasteiger partial charge on any atom is 0.530 e. The van der Waals surface area contributed by atoms with Crippen LogP contribution >= 0.6 is 8.60 Å². The standard InChI is InChI=1S/C39H57O3P/c1-4-7-10-13-16-19-34-22-28-37(29-23-34)40-43(41-38-30-24-35(25-31-38)20-17-14-11-8-5-2)42-39-32-26-36(27-33-39)21-18-15-12-9-6-3/h22-33H,4-21H2,1-3H3. The summed E-state index contributed by atoms with van der Waals surface area (Å²) in [7, 11) is -1.67. The van der Waals surface area contributed by atoms with Gasteiger partial charge >= 0.3 is 8.60 Å². The molecule has 3 aromatic carbocycles. The molecule has 4 heteroatoms. The van der Waals surface area contributed by atoms with E-state index in [2.05, 4.69) is 57.2 Å². The molecule has 0 bridgehead atoms. The van der Waals surface area contributed by atoms with E-state index in [4.69, 9.17) is 13.6 Å². The third-order valence-corrected chi connectivity index (χ3v) is 9.10. The Hall–Kier alpha value is -2.51. The zero-order valence-corrected chi connectivity index (χ0v) is 28.2. The van der Waals surface area contributed by atoms with Crippen LogP contribution in [-0.2, 0) is 19.3 Å². The summed E-state index contributed by atoms with van der Waals surface area (Å²) >= 11 is 0. The highest BCUT2D eigenvalue weighted by Crippen LogP contribution is 2.42. The van der Waals surface area contributed by atoms with E-state index in [1.807, 2.05) is 36.4 Å². The third-order valence-electron chi connectivity index (χ3n) is 8.02. The van der Waals surface area contributed by atoms with Crippen molar-refractivity contribution in [3.05, 3.63) is 89.5 Å². The minimum Gasteiger partial charge on any atom is -0.409 e. The summed E-state index contributed by atoms with van der Waals surface area (Å²) in [5.41, 5.74) is 4.06. The van der Waals surface area contributed by atoms with Gasteiger partial charge in [0.15, 0.2) is 0 Å². The highest BCUT2D eigenvalue weighted by Gasteiger charge is 2.20. The minimum atomic E-state index is -1.67. The molecule has 0 saturated carbocycles. The van der Waals surface area contributed by atoms with Crippen LogP contribution in [0.4, 0.5) is 0 Å². The van der Waals surface area contributed by atoms with Crippen LogP contribution < -0.4 is 13.6 Å². The molecule has 0 saturated heterocycles.